The van der Waals surface area contributed by atoms with Crippen LogP contribution >= 0.6 is 0 Å². The van der Waals surface area contributed by atoms with E-state index >= 15 is 0 Å². The van der Waals surface area contributed by atoms with Crippen molar-refractivity contribution in [2.75, 3.05) is 0 Å². The quantitative estimate of drug-likeness (QED) is 0.435. The second-order valence-electron chi connectivity index (χ2n) is 4.08. The normalized spacial score (nSPS) is 11.7. The number of hydrogen-bond donors (Lipinski definition) is 0. The molecular weight excluding hydrogens is 212 g/mol. The Balaban J connectivity index is 0. The van der Waals surface area contributed by atoms with Crippen LogP contribution in [0.5, 0.6) is 0 Å². The molecule has 0 unspecified atom stereocenters. The van der Waals surface area contributed by atoms with Crippen molar-refractivity contribution < 1.29 is 19.8 Å². The van der Waals surface area contributed by atoms with Crippen LogP contribution in [0.25, 0.3) is 0 Å². The Morgan fingerprint density at radius 2 is 1.36 bits per heavy atom. The molecule has 0 amide bonds. The Morgan fingerprint density at radius 1 is 1.07 bits per heavy atom. The van der Waals surface area contributed by atoms with E-state index in [-0.39, 0.29) is 44.2 Å². The smallest absolute Gasteiger partial charge is 0.549 e. The van der Waals surface area contributed by atoms with Gasteiger partial charge in [0.1, 0.15) is 0 Å². The minimum Gasteiger partial charge on any atom is -0.549 e. The molecule has 0 heterocycles. The summed E-state index contributed by atoms with van der Waals surface area (Å²) in [4.78, 5) is 21.6. The predicted octanol–water partition coefficient (Wildman–Crippen LogP) is -1.45. The van der Waals surface area contributed by atoms with E-state index in [1.54, 1.807) is 20.8 Å². The molecule has 0 saturated carbocycles. The van der Waals surface area contributed by atoms with Gasteiger partial charge in [0.25, 0.3) is 0 Å². The summed E-state index contributed by atoms with van der Waals surface area (Å²) in [6.45, 7) is 6.13. The first kappa shape index (κ1) is 16.6. The zero-order valence-corrected chi connectivity index (χ0v) is 11.3. The molecule has 5 heteroatoms. The third kappa shape index (κ3) is 2.61. The van der Waals surface area contributed by atoms with E-state index in [1.807, 2.05) is 0 Å². The van der Waals surface area contributed by atoms with Crippen LogP contribution < -0.4 is 10.2 Å². The summed E-state index contributed by atoms with van der Waals surface area (Å²) in [6.07, 6.45) is -0.0405. The first-order valence-corrected chi connectivity index (χ1v) is 4.13. The summed E-state index contributed by atoms with van der Waals surface area (Å²) >= 11 is 0. The molecule has 0 saturated heterocycles. The van der Waals surface area contributed by atoms with Crippen molar-refractivity contribution in [1.82, 2.24) is 0 Å². The van der Waals surface area contributed by atoms with Gasteiger partial charge in [0.15, 0.2) is 0 Å². The average Bonchev–Trinajstić information content (AvgIpc) is 1.83. The summed E-state index contributed by atoms with van der Waals surface area (Å²) in [6, 6.07) is 0. The van der Waals surface area contributed by atoms with Crippen LogP contribution in [0.15, 0.2) is 0 Å². The van der Waals surface area contributed by atoms with Crippen molar-refractivity contribution in [3.63, 3.8) is 0 Å². The van der Waals surface area contributed by atoms with E-state index in [4.69, 9.17) is 0 Å². The summed E-state index contributed by atoms with van der Waals surface area (Å²) in [5.74, 6) is -3.16. The molecule has 0 aliphatic carbocycles. The Hall–Kier alpha value is 0.200. The van der Waals surface area contributed by atoms with Crippen LogP contribution in [-0.2, 0) is 9.59 Å². The Bertz CT molecular complexity index is 215. The van der Waals surface area contributed by atoms with Crippen molar-refractivity contribution >= 4 is 49.7 Å². The number of aliphatic carboxylic acids is 2. The van der Waals surface area contributed by atoms with Gasteiger partial charge < -0.3 is 19.8 Å². The Labute approximate surface area is 114 Å². The molecule has 0 bridgehead atoms. The van der Waals surface area contributed by atoms with E-state index in [1.165, 1.54) is 6.92 Å². The van der Waals surface area contributed by atoms with Crippen molar-refractivity contribution in [2.45, 2.75) is 34.1 Å². The van der Waals surface area contributed by atoms with Crippen LogP contribution in [0, 0.1) is 10.8 Å². The first-order valence-electron chi connectivity index (χ1n) is 4.13. The number of hydrogen-bond acceptors (Lipinski definition) is 4. The SMILES string of the molecule is CCC(C(=O)[O-])(C(=O)[O-])C(C)(C)C.[Ca+2]. The molecule has 0 N–H and O–H groups in total. The van der Waals surface area contributed by atoms with Crippen molar-refractivity contribution in [3.05, 3.63) is 0 Å². The largest absolute Gasteiger partial charge is 2.00 e. The second kappa shape index (κ2) is 5.33. The summed E-state index contributed by atoms with van der Waals surface area (Å²) < 4.78 is 0. The second-order valence-corrected chi connectivity index (χ2v) is 4.08. The van der Waals surface area contributed by atoms with Crippen molar-refractivity contribution in [1.29, 1.82) is 0 Å². The number of carbonyl (C=O) groups excluding carboxylic acids is 2. The van der Waals surface area contributed by atoms with Gasteiger partial charge in [-0.05, 0) is 11.8 Å². The maximum Gasteiger partial charge on any atom is 2.00 e. The Morgan fingerprint density at radius 3 is 1.36 bits per heavy atom. The maximum atomic E-state index is 10.8. The van der Waals surface area contributed by atoms with Crippen LogP contribution in [0.2, 0.25) is 0 Å². The molecule has 0 spiro atoms. The molecule has 0 aromatic heterocycles. The fraction of sp³-hybridized carbons (Fsp3) is 0.778. The first-order chi connectivity index (χ1) is 5.70. The molecule has 0 aromatic rings. The van der Waals surface area contributed by atoms with Gasteiger partial charge in [0.05, 0.1) is 17.4 Å². The van der Waals surface area contributed by atoms with Crippen LogP contribution in [0.4, 0.5) is 0 Å². The summed E-state index contributed by atoms with van der Waals surface area (Å²) in [5.41, 5.74) is -2.83. The minimum atomic E-state index is -1.91. The predicted molar refractivity (Wildman–Crippen MR) is 47.9 cm³/mol. The van der Waals surface area contributed by atoms with Crippen molar-refractivity contribution in [2.24, 2.45) is 10.8 Å². The third-order valence-corrected chi connectivity index (χ3v) is 2.51. The zero-order valence-electron chi connectivity index (χ0n) is 9.05. The van der Waals surface area contributed by atoms with Crippen LogP contribution in [0.3, 0.4) is 0 Å². The van der Waals surface area contributed by atoms with Gasteiger partial charge in [-0.2, -0.15) is 0 Å². The van der Waals surface area contributed by atoms with Crippen LogP contribution in [-0.4, -0.2) is 49.7 Å². The number of carboxylic acids is 2. The topological polar surface area (TPSA) is 80.3 Å². The minimum absolute atomic E-state index is 0. The van der Waals surface area contributed by atoms with E-state index in [9.17, 15) is 19.8 Å². The molecular formula is C9H14CaO4. The Kier molecular flexibility index (Phi) is 6.33. The van der Waals surface area contributed by atoms with Crippen molar-refractivity contribution in [3.8, 4) is 0 Å². The third-order valence-electron chi connectivity index (χ3n) is 2.51. The number of carboxylic acid groups (broad SMARTS) is 2. The molecule has 0 radical (unpaired) electrons. The molecule has 0 aromatic carbocycles. The van der Waals surface area contributed by atoms with Gasteiger partial charge in [-0.3, -0.25) is 0 Å². The standard InChI is InChI=1S/C9H16O4.Ca/c1-5-9(6(10)11,7(12)13)8(2,3)4;/h5H2,1-4H3,(H,10,11)(H,12,13);/q;+2/p-2. The van der Waals surface area contributed by atoms with Gasteiger partial charge in [-0.25, -0.2) is 0 Å². The summed E-state index contributed by atoms with van der Waals surface area (Å²) in [5, 5.41) is 21.6. The molecule has 0 rings (SSSR count). The van der Waals surface area contributed by atoms with Gasteiger partial charge in [0.2, 0.25) is 0 Å². The summed E-state index contributed by atoms with van der Waals surface area (Å²) in [7, 11) is 0. The van der Waals surface area contributed by atoms with E-state index in [0.29, 0.717) is 0 Å². The fourth-order valence-corrected chi connectivity index (χ4v) is 1.51. The number of carbonyl (C=O) groups is 2. The van der Waals surface area contributed by atoms with E-state index in [2.05, 4.69) is 0 Å². The maximum absolute atomic E-state index is 10.8. The fourth-order valence-electron chi connectivity index (χ4n) is 1.51. The van der Waals surface area contributed by atoms with Gasteiger partial charge in [-0.15, -0.1) is 0 Å². The monoisotopic (exact) mass is 226 g/mol. The molecule has 0 atom stereocenters. The van der Waals surface area contributed by atoms with Gasteiger partial charge in [-0.1, -0.05) is 27.7 Å². The molecule has 0 aliphatic heterocycles. The molecule has 14 heavy (non-hydrogen) atoms. The molecule has 0 fully saturated rings. The zero-order chi connectivity index (χ0) is 10.9. The van der Waals surface area contributed by atoms with Gasteiger partial charge >= 0.3 is 37.7 Å². The molecule has 0 aliphatic rings. The van der Waals surface area contributed by atoms with E-state index in [0.717, 1.165) is 0 Å². The number of rotatable bonds is 3. The van der Waals surface area contributed by atoms with Gasteiger partial charge in [0, 0.05) is 0 Å². The molecule has 76 valence electrons. The van der Waals surface area contributed by atoms with E-state index < -0.39 is 22.8 Å². The molecule has 4 nitrogen and oxygen atoms in total. The van der Waals surface area contributed by atoms with Crippen LogP contribution in [0.1, 0.15) is 34.1 Å². The average molecular weight is 226 g/mol.